The lowest BCUT2D eigenvalue weighted by Gasteiger charge is -2.04. The van der Waals surface area contributed by atoms with Crippen LogP contribution in [0.25, 0.3) is 5.52 Å². The van der Waals surface area contributed by atoms with Gasteiger partial charge in [0.25, 0.3) is 0 Å². The number of fused-ring (bicyclic) bond motifs is 1. The van der Waals surface area contributed by atoms with Gasteiger partial charge in [0.05, 0.1) is 23.9 Å². The van der Waals surface area contributed by atoms with Crippen LogP contribution in [0.2, 0.25) is 0 Å². The number of aliphatic hydroxyl groups excluding tert-OH is 1. The average Bonchev–Trinajstić information content (AvgIpc) is 2.78. The monoisotopic (exact) mass is 234 g/mol. The maximum absolute atomic E-state index is 11.7. The van der Waals surface area contributed by atoms with Crippen molar-refractivity contribution in [2.75, 3.05) is 13.2 Å². The van der Waals surface area contributed by atoms with E-state index in [1.54, 1.807) is 29.0 Å². The Balaban J connectivity index is 2.39. The second kappa shape index (κ2) is 4.97. The molecule has 2 rings (SSSR count). The highest BCUT2D eigenvalue weighted by Crippen LogP contribution is 2.18. The Bertz CT molecular complexity index is 534. The van der Waals surface area contributed by atoms with E-state index in [0.717, 1.165) is 5.52 Å². The fourth-order valence-corrected chi connectivity index (χ4v) is 1.62. The molecule has 2 aromatic rings. The molecule has 5 nitrogen and oxygen atoms in total. The third-order valence-corrected chi connectivity index (χ3v) is 2.47. The molecule has 0 unspecified atom stereocenters. The van der Waals surface area contributed by atoms with Crippen LogP contribution in [-0.4, -0.2) is 33.7 Å². The molecule has 0 radical (unpaired) electrons. The molecule has 0 atom stereocenters. The van der Waals surface area contributed by atoms with Gasteiger partial charge < -0.3 is 9.84 Å². The van der Waals surface area contributed by atoms with Crippen LogP contribution in [0.4, 0.5) is 0 Å². The van der Waals surface area contributed by atoms with Gasteiger partial charge in [-0.3, -0.25) is 4.79 Å². The molecule has 0 saturated heterocycles. The Kier molecular flexibility index (Phi) is 3.39. The summed E-state index contributed by atoms with van der Waals surface area (Å²) in [7, 11) is 0. The topological polar surface area (TPSA) is 63.8 Å². The first-order valence-corrected chi connectivity index (χ1v) is 5.50. The summed E-state index contributed by atoms with van der Waals surface area (Å²) in [5.74, 6) is 0.677. The summed E-state index contributed by atoms with van der Waals surface area (Å²) in [6.07, 6.45) is 3.74. The minimum absolute atomic E-state index is 0.0365. The maximum atomic E-state index is 11.7. The van der Waals surface area contributed by atoms with Gasteiger partial charge in [-0.25, -0.2) is 4.52 Å². The molecule has 0 aliphatic carbocycles. The SMILES string of the molecule is CCC(=O)c1cnn2ccc(OCCO)cc12. The van der Waals surface area contributed by atoms with Crippen LogP contribution in [0.15, 0.2) is 24.5 Å². The van der Waals surface area contributed by atoms with Gasteiger partial charge >= 0.3 is 0 Å². The average molecular weight is 234 g/mol. The summed E-state index contributed by atoms with van der Waals surface area (Å²) < 4.78 is 6.93. The number of rotatable bonds is 5. The first kappa shape index (κ1) is 11.6. The highest BCUT2D eigenvalue weighted by Gasteiger charge is 2.11. The van der Waals surface area contributed by atoms with Gasteiger partial charge in [-0.2, -0.15) is 5.10 Å². The molecule has 0 amide bonds. The zero-order valence-corrected chi connectivity index (χ0v) is 9.59. The predicted molar refractivity (Wildman–Crippen MR) is 62.4 cm³/mol. The normalized spacial score (nSPS) is 10.7. The minimum atomic E-state index is -0.0365. The van der Waals surface area contributed by atoms with Gasteiger partial charge in [0, 0.05) is 18.7 Å². The Labute approximate surface area is 98.6 Å². The zero-order valence-electron chi connectivity index (χ0n) is 9.59. The van der Waals surface area contributed by atoms with E-state index in [1.807, 2.05) is 6.92 Å². The van der Waals surface area contributed by atoms with Crippen LogP contribution in [0.3, 0.4) is 0 Å². The fourth-order valence-electron chi connectivity index (χ4n) is 1.62. The number of carbonyl (C=O) groups is 1. The number of Topliss-reactive ketones (excluding diaryl/α,β-unsaturated/α-hetero) is 1. The van der Waals surface area contributed by atoms with Gasteiger partial charge in [0.15, 0.2) is 5.78 Å². The molecule has 90 valence electrons. The minimum Gasteiger partial charge on any atom is -0.491 e. The van der Waals surface area contributed by atoms with Crippen molar-refractivity contribution < 1.29 is 14.6 Å². The largest absolute Gasteiger partial charge is 0.491 e. The van der Waals surface area contributed by atoms with Gasteiger partial charge in [-0.1, -0.05) is 6.92 Å². The van der Waals surface area contributed by atoms with E-state index in [9.17, 15) is 4.79 Å². The summed E-state index contributed by atoms with van der Waals surface area (Å²) in [5.41, 5.74) is 1.33. The molecule has 1 N–H and O–H groups in total. The van der Waals surface area contributed by atoms with Crippen LogP contribution < -0.4 is 4.74 Å². The van der Waals surface area contributed by atoms with Crippen molar-refractivity contribution in [3.63, 3.8) is 0 Å². The number of aliphatic hydroxyl groups is 1. The van der Waals surface area contributed by atoms with E-state index in [0.29, 0.717) is 17.7 Å². The summed E-state index contributed by atoms with van der Waals surface area (Å²) >= 11 is 0. The Hall–Kier alpha value is -1.88. The van der Waals surface area contributed by atoms with Crippen LogP contribution in [0.1, 0.15) is 23.7 Å². The lowest BCUT2D eigenvalue weighted by atomic mass is 10.1. The highest BCUT2D eigenvalue weighted by molar-refractivity contribution is 6.02. The fraction of sp³-hybridized carbons (Fsp3) is 0.333. The van der Waals surface area contributed by atoms with Crippen LogP contribution in [-0.2, 0) is 0 Å². The Morgan fingerprint density at radius 3 is 3.12 bits per heavy atom. The van der Waals surface area contributed by atoms with Crippen LogP contribution >= 0.6 is 0 Å². The molecule has 0 aromatic carbocycles. The number of pyridine rings is 1. The van der Waals surface area contributed by atoms with Gasteiger partial charge in [0.2, 0.25) is 0 Å². The van der Waals surface area contributed by atoms with E-state index in [4.69, 9.17) is 9.84 Å². The van der Waals surface area contributed by atoms with Crippen LogP contribution in [0, 0.1) is 0 Å². The van der Waals surface area contributed by atoms with E-state index in [1.165, 1.54) is 0 Å². The molecule has 5 heteroatoms. The van der Waals surface area contributed by atoms with Crippen LogP contribution in [0.5, 0.6) is 5.75 Å². The third kappa shape index (κ3) is 2.29. The van der Waals surface area contributed by atoms with Crippen molar-refractivity contribution in [3.05, 3.63) is 30.1 Å². The van der Waals surface area contributed by atoms with Crippen molar-refractivity contribution in [2.24, 2.45) is 0 Å². The van der Waals surface area contributed by atoms with E-state index < -0.39 is 0 Å². The first-order valence-electron chi connectivity index (χ1n) is 5.50. The quantitative estimate of drug-likeness (QED) is 0.792. The van der Waals surface area contributed by atoms with Gasteiger partial charge in [-0.15, -0.1) is 0 Å². The second-order valence-electron chi connectivity index (χ2n) is 3.60. The number of carbonyl (C=O) groups excluding carboxylic acids is 1. The van der Waals surface area contributed by atoms with E-state index in [2.05, 4.69) is 5.10 Å². The molecule has 0 saturated carbocycles. The molecular weight excluding hydrogens is 220 g/mol. The second-order valence-corrected chi connectivity index (χ2v) is 3.60. The molecule has 2 heterocycles. The maximum Gasteiger partial charge on any atom is 0.166 e. The van der Waals surface area contributed by atoms with Gasteiger partial charge in [-0.05, 0) is 6.07 Å². The first-order chi connectivity index (χ1) is 8.26. The molecule has 17 heavy (non-hydrogen) atoms. The third-order valence-electron chi connectivity index (χ3n) is 2.47. The summed E-state index contributed by atoms with van der Waals surface area (Å²) in [6, 6.07) is 3.50. The number of nitrogens with zero attached hydrogens (tertiary/aromatic N) is 2. The van der Waals surface area contributed by atoms with Crippen molar-refractivity contribution in [3.8, 4) is 5.75 Å². The van der Waals surface area contributed by atoms with Crippen molar-refractivity contribution in [1.82, 2.24) is 9.61 Å². The molecule has 0 aliphatic rings. The number of ketones is 1. The number of hydrogen-bond donors (Lipinski definition) is 1. The highest BCUT2D eigenvalue weighted by atomic mass is 16.5. The number of aromatic nitrogens is 2. The molecule has 0 aliphatic heterocycles. The summed E-state index contributed by atoms with van der Waals surface area (Å²) in [5, 5.41) is 12.8. The predicted octanol–water partition coefficient (Wildman–Crippen LogP) is 1.30. The zero-order chi connectivity index (χ0) is 12.3. The summed E-state index contributed by atoms with van der Waals surface area (Å²) in [4.78, 5) is 11.7. The Morgan fingerprint density at radius 1 is 1.59 bits per heavy atom. The van der Waals surface area contributed by atoms with Crippen molar-refractivity contribution in [2.45, 2.75) is 13.3 Å². The standard InChI is InChI=1S/C12H14N2O3/c1-2-12(16)10-8-13-14-4-3-9(7-11(10)14)17-6-5-15/h3-4,7-8,15H,2,5-6H2,1H3. The molecule has 0 fully saturated rings. The molecule has 0 bridgehead atoms. The lowest BCUT2D eigenvalue weighted by Crippen LogP contribution is -2.02. The number of ether oxygens (including phenoxy) is 1. The van der Waals surface area contributed by atoms with E-state index >= 15 is 0 Å². The smallest absolute Gasteiger partial charge is 0.166 e. The molecule has 2 aromatic heterocycles. The van der Waals surface area contributed by atoms with Crippen molar-refractivity contribution >= 4 is 11.3 Å². The van der Waals surface area contributed by atoms with E-state index in [-0.39, 0.29) is 19.0 Å². The summed E-state index contributed by atoms with van der Waals surface area (Å²) in [6.45, 7) is 2.02. The van der Waals surface area contributed by atoms with Crippen molar-refractivity contribution in [1.29, 1.82) is 0 Å². The molecular formula is C12H14N2O3. The lowest BCUT2D eigenvalue weighted by molar-refractivity contribution is 0.0989. The van der Waals surface area contributed by atoms with Gasteiger partial charge in [0.1, 0.15) is 12.4 Å². The Morgan fingerprint density at radius 2 is 2.41 bits per heavy atom. The molecule has 0 spiro atoms. The number of hydrogen-bond acceptors (Lipinski definition) is 4.